The zero-order valence-electron chi connectivity index (χ0n) is 8.32. The zero-order valence-corrected chi connectivity index (χ0v) is 8.32. The Bertz CT molecular complexity index is 199. The molecule has 0 aromatic rings. The van der Waals surface area contributed by atoms with Gasteiger partial charge in [0.05, 0.1) is 0 Å². The normalized spacial score (nSPS) is 32.3. The number of likely N-dealkylation sites (tertiary alicyclic amines) is 1. The second-order valence-electron chi connectivity index (χ2n) is 4.87. The van der Waals surface area contributed by atoms with Crippen LogP contribution in [-0.2, 0) is 0 Å². The first-order chi connectivity index (χ1) is 5.96. The van der Waals surface area contributed by atoms with E-state index in [9.17, 15) is 8.78 Å². The Balaban J connectivity index is 1.80. The summed E-state index contributed by atoms with van der Waals surface area (Å²) >= 11 is 0. The van der Waals surface area contributed by atoms with E-state index >= 15 is 0 Å². The second kappa shape index (κ2) is 2.66. The summed E-state index contributed by atoms with van der Waals surface area (Å²) in [6.07, 6.45) is 1.38. The van der Waals surface area contributed by atoms with Crippen LogP contribution in [0.3, 0.4) is 0 Å². The summed E-state index contributed by atoms with van der Waals surface area (Å²) in [4.78, 5) is 2.31. The first-order valence-corrected chi connectivity index (χ1v) is 5.08. The molecule has 2 fully saturated rings. The Morgan fingerprint density at radius 1 is 1.31 bits per heavy atom. The van der Waals surface area contributed by atoms with Crippen LogP contribution in [0.15, 0.2) is 0 Å². The third kappa shape index (κ3) is 1.47. The quantitative estimate of drug-likeness (QED) is 0.645. The molecule has 1 saturated carbocycles. The highest BCUT2D eigenvalue weighted by Crippen LogP contribution is 2.57. The molecule has 1 spiro atoms. The van der Waals surface area contributed by atoms with Gasteiger partial charge in [-0.2, -0.15) is 0 Å². The van der Waals surface area contributed by atoms with Crippen LogP contribution in [0.4, 0.5) is 8.78 Å². The molecule has 1 nitrogen and oxygen atoms in total. The van der Waals surface area contributed by atoms with Crippen LogP contribution in [0.1, 0.15) is 33.1 Å². The summed E-state index contributed by atoms with van der Waals surface area (Å²) in [6, 6.07) is 0.569. The highest BCUT2D eigenvalue weighted by Gasteiger charge is 2.61. The standard InChI is InChI=1S/C10H17F2N/c1-3-8(2)13-6-9(7-13)4-10(11,12)5-9/h8H,3-7H2,1-2H3. The van der Waals surface area contributed by atoms with Crippen molar-refractivity contribution in [2.45, 2.75) is 45.1 Å². The van der Waals surface area contributed by atoms with Gasteiger partial charge < -0.3 is 0 Å². The van der Waals surface area contributed by atoms with Crippen molar-refractivity contribution in [3.05, 3.63) is 0 Å². The van der Waals surface area contributed by atoms with Crippen LogP contribution in [0.2, 0.25) is 0 Å². The first kappa shape index (κ1) is 9.38. The molecule has 2 aliphatic rings. The average Bonchev–Trinajstić information content (AvgIpc) is 1.93. The van der Waals surface area contributed by atoms with Crippen molar-refractivity contribution in [2.24, 2.45) is 5.41 Å². The summed E-state index contributed by atoms with van der Waals surface area (Å²) in [7, 11) is 0. The summed E-state index contributed by atoms with van der Waals surface area (Å²) in [5.74, 6) is -2.35. The molecule has 3 heteroatoms. The molecule has 0 amide bonds. The number of alkyl halides is 2. The lowest BCUT2D eigenvalue weighted by atomic mass is 9.61. The number of rotatable bonds is 2. The van der Waals surface area contributed by atoms with Gasteiger partial charge in [0, 0.05) is 37.4 Å². The minimum absolute atomic E-state index is 0.00687. The number of halogens is 2. The van der Waals surface area contributed by atoms with E-state index < -0.39 is 5.92 Å². The summed E-state index contributed by atoms with van der Waals surface area (Å²) in [5, 5.41) is 0. The van der Waals surface area contributed by atoms with Gasteiger partial charge in [0.15, 0.2) is 0 Å². The van der Waals surface area contributed by atoms with Crippen molar-refractivity contribution < 1.29 is 8.78 Å². The summed E-state index contributed by atoms with van der Waals surface area (Å²) in [6.45, 7) is 6.11. The van der Waals surface area contributed by atoms with Crippen molar-refractivity contribution in [3.63, 3.8) is 0 Å². The van der Waals surface area contributed by atoms with Crippen LogP contribution < -0.4 is 0 Å². The van der Waals surface area contributed by atoms with Crippen LogP contribution in [0, 0.1) is 5.41 Å². The minimum Gasteiger partial charge on any atom is -0.299 e. The zero-order chi connectivity index (χ0) is 9.69. The second-order valence-corrected chi connectivity index (χ2v) is 4.87. The fourth-order valence-corrected chi connectivity index (χ4v) is 2.65. The third-order valence-corrected chi connectivity index (χ3v) is 3.56. The van der Waals surface area contributed by atoms with Crippen LogP contribution in [0.25, 0.3) is 0 Å². The molecule has 0 aromatic heterocycles. The fourth-order valence-electron chi connectivity index (χ4n) is 2.65. The highest BCUT2D eigenvalue weighted by atomic mass is 19.3. The topological polar surface area (TPSA) is 3.24 Å². The largest absolute Gasteiger partial charge is 0.299 e. The number of hydrogen-bond acceptors (Lipinski definition) is 1. The van der Waals surface area contributed by atoms with Gasteiger partial charge in [-0.1, -0.05) is 6.92 Å². The van der Waals surface area contributed by atoms with E-state index in [-0.39, 0.29) is 18.3 Å². The molecule has 0 N–H and O–H groups in total. The molecule has 1 aliphatic carbocycles. The Kier molecular flexibility index (Phi) is 1.92. The van der Waals surface area contributed by atoms with E-state index in [2.05, 4.69) is 18.7 Å². The molecule has 2 rings (SSSR count). The predicted molar refractivity (Wildman–Crippen MR) is 47.9 cm³/mol. The van der Waals surface area contributed by atoms with E-state index in [4.69, 9.17) is 0 Å². The SMILES string of the molecule is CCC(C)N1CC2(C1)CC(F)(F)C2. The maximum Gasteiger partial charge on any atom is 0.249 e. The monoisotopic (exact) mass is 189 g/mol. The van der Waals surface area contributed by atoms with E-state index in [1.807, 2.05) is 0 Å². The minimum atomic E-state index is -2.35. The highest BCUT2D eigenvalue weighted by molar-refractivity contribution is 5.08. The van der Waals surface area contributed by atoms with E-state index in [1.165, 1.54) is 0 Å². The lowest BCUT2D eigenvalue weighted by molar-refractivity contribution is -0.219. The molecule has 1 unspecified atom stereocenters. The summed E-state index contributed by atoms with van der Waals surface area (Å²) in [5.41, 5.74) is 0.00687. The molecule has 76 valence electrons. The van der Waals surface area contributed by atoms with Gasteiger partial charge in [-0.3, -0.25) is 4.90 Å². The molecule has 1 saturated heterocycles. The maximum atomic E-state index is 12.6. The Hall–Kier alpha value is -0.180. The van der Waals surface area contributed by atoms with E-state index in [1.54, 1.807) is 0 Å². The number of hydrogen-bond donors (Lipinski definition) is 0. The van der Waals surface area contributed by atoms with Gasteiger partial charge in [0.1, 0.15) is 0 Å². The maximum absolute atomic E-state index is 12.6. The van der Waals surface area contributed by atoms with Crippen LogP contribution >= 0.6 is 0 Å². The van der Waals surface area contributed by atoms with Crippen molar-refractivity contribution in [3.8, 4) is 0 Å². The first-order valence-electron chi connectivity index (χ1n) is 5.08. The molecule has 13 heavy (non-hydrogen) atoms. The summed E-state index contributed by atoms with van der Waals surface area (Å²) < 4.78 is 25.3. The van der Waals surface area contributed by atoms with Crippen molar-refractivity contribution in [1.82, 2.24) is 4.90 Å². The number of nitrogens with zero attached hydrogens (tertiary/aromatic N) is 1. The van der Waals surface area contributed by atoms with Gasteiger partial charge in [-0.25, -0.2) is 8.78 Å². The van der Waals surface area contributed by atoms with Crippen molar-refractivity contribution in [1.29, 1.82) is 0 Å². The van der Waals surface area contributed by atoms with Gasteiger partial charge in [-0.05, 0) is 13.3 Å². The van der Waals surface area contributed by atoms with Crippen molar-refractivity contribution >= 4 is 0 Å². The predicted octanol–water partition coefficient (Wildman–Crippen LogP) is 2.52. The molecular weight excluding hydrogens is 172 g/mol. The lowest BCUT2D eigenvalue weighted by Crippen LogP contribution is -2.67. The van der Waals surface area contributed by atoms with Gasteiger partial charge in [0.2, 0.25) is 5.92 Å². The van der Waals surface area contributed by atoms with Crippen molar-refractivity contribution in [2.75, 3.05) is 13.1 Å². The average molecular weight is 189 g/mol. The van der Waals surface area contributed by atoms with Crippen LogP contribution in [-0.4, -0.2) is 30.0 Å². The van der Waals surface area contributed by atoms with Crippen LogP contribution in [0.5, 0.6) is 0 Å². The Morgan fingerprint density at radius 2 is 1.85 bits per heavy atom. The molecule has 1 aliphatic heterocycles. The van der Waals surface area contributed by atoms with Gasteiger partial charge in [-0.15, -0.1) is 0 Å². The van der Waals surface area contributed by atoms with Gasteiger partial charge >= 0.3 is 0 Å². The molecular formula is C10H17F2N. The molecule has 1 heterocycles. The molecule has 0 bridgehead atoms. The van der Waals surface area contributed by atoms with E-state index in [0.29, 0.717) is 6.04 Å². The molecule has 1 atom stereocenters. The lowest BCUT2D eigenvalue weighted by Gasteiger charge is -2.60. The molecule has 0 aromatic carbocycles. The van der Waals surface area contributed by atoms with E-state index in [0.717, 1.165) is 19.5 Å². The Labute approximate surface area is 78.1 Å². The van der Waals surface area contributed by atoms with Gasteiger partial charge in [0.25, 0.3) is 0 Å². The molecule has 0 radical (unpaired) electrons. The third-order valence-electron chi connectivity index (χ3n) is 3.56. The fraction of sp³-hybridized carbons (Fsp3) is 1.00. The smallest absolute Gasteiger partial charge is 0.249 e. The Morgan fingerprint density at radius 3 is 2.23 bits per heavy atom.